The van der Waals surface area contributed by atoms with E-state index < -0.39 is 46.1 Å². The average Bonchev–Trinajstić information content (AvgIpc) is 3.28. The Hall–Kier alpha value is -2.42. The smallest absolute Gasteiger partial charge is 0.417 e. The van der Waals surface area contributed by atoms with Crippen molar-refractivity contribution < 1.29 is 47.1 Å². The van der Waals surface area contributed by atoms with E-state index in [1.165, 1.54) is 0 Å². The summed E-state index contributed by atoms with van der Waals surface area (Å²) in [6.45, 7) is 12.0. The van der Waals surface area contributed by atoms with Gasteiger partial charge in [0.1, 0.15) is 18.8 Å². The lowest BCUT2D eigenvalue weighted by atomic mass is 9.49. The van der Waals surface area contributed by atoms with Crippen LogP contribution in [0.1, 0.15) is 110 Å². The monoisotopic (exact) mass is 688 g/mol. The molecule has 49 heavy (non-hydrogen) atoms. The van der Waals surface area contributed by atoms with Crippen molar-refractivity contribution in [3.8, 4) is 11.8 Å². The lowest BCUT2D eigenvalue weighted by molar-refractivity contribution is -0.323. The Bertz CT molecular complexity index is 1520. The fraction of sp³-hybridized carbons (Fsp3) is 0.718. The molecule has 3 unspecified atom stereocenters. The van der Waals surface area contributed by atoms with E-state index in [-0.39, 0.29) is 49.7 Å². The van der Waals surface area contributed by atoms with E-state index in [9.17, 15) is 28.2 Å². The van der Waals surface area contributed by atoms with Gasteiger partial charge in [-0.15, -0.1) is 0 Å². The quantitative estimate of drug-likeness (QED) is 0.153. The maximum atomic E-state index is 14.7. The van der Waals surface area contributed by atoms with Crippen LogP contribution in [-0.4, -0.2) is 71.4 Å². The van der Waals surface area contributed by atoms with Crippen LogP contribution in [0.15, 0.2) is 35.4 Å². The molecule has 4 fully saturated rings. The summed E-state index contributed by atoms with van der Waals surface area (Å²) in [4.78, 5) is 11.9. The van der Waals surface area contributed by atoms with Gasteiger partial charge in [-0.2, -0.15) is 13.2 Å². The topological polar surface area (TPSA) is 94.5 Å². The van der Waals surface area contributed by atoms with Crippen molar-refractivity contribution in [3.63, 3.8) is 0 Å². The van der Waals surface area contributed by atoms with Crippen LogP contribution in [0.25, 0.3) is 0 Å². The Morgan fingerprint density at radius 2 is 1.67 bits per heavy atom. The highest BCUT2D eigenvalue weighted by Gasteiger charge is 2.73. The van der Waals surface area contributed by atoms with Gasteiger partial charge in [-0.3, -0.25) is 0 Å². The van der Waals surface area contributed by atoms with Crippen LogP contribution in [0.3, 0.4) is 0 Å². The van der Waals surface area contributed by atoms with E-state index in [1.807, 2.05) is 24.3 Å². The lowest BCUT2D eigenvalue weighted by Gasteiger charge is -2.58. The Balaban J connectivity index is 1.29. The minimum absolute atomic E-state index is 0.0301. The van der Waals surface area contributed by atoms with Gasteiger partial charge in [0.25, 0.3) is 0 Å². The molecule has 4 aliphatic carbocycles. The number of benzene rings is 1. The summed E-state index contributed by atoms with van der Waals surface area (Å²) in [6.07, 6.45) is -2.30. The Morgan fingerprint density at radius 3 is 2.31 bits per heavy atom. The molecule has 0 amide bonds. The van der Waals surface area contributed by atoms with E-state index in [0.717, 1.165) is 16.7 Å². The number of ether oxygens (including phenoxy) is 4. The molecule has 1 saturated heterocycles. The fourth-order valence-electron chi connectivity index (χ4n) is 9.52. The third-order valence-electron chi connectivity index (χ3n) is 11.8. The first-order valence-electron chi connectivity index (χ1n) is 17.6. The first-order valence-corrected chi connectivity index (χ1v) is 17.6. The zero-order valence-electron chi connectivity index (χ0n) is 29.6. The van der Waals surface area contributed by atoms with Crippen LogP contribution in [0.2, 0.25) is 0 Å². The van der Waals surface area contributed by atoms with Gasteiger partial charge in [0.2, 0.25) is 0 Å². The highest BCUT2D eigenvalue weighted by atomic mass is 19.4. The van der Waals surface area contributed by atoms with E-state index in [0.29, 0.717) is 50.9 Å². The summed E-state index contributed by atoms with van der Waals surface area (Å²) in [5.74, 6) is 3.63. The second kappa shape index (κ2) is 12.4. The molecular weight excluding hydrogens is 637 g/mol. The first kappa shape index (κ1) is 36.4. The molecule has 0 aromatic heterocycles. The van der Waals surface area contributed by atoms with Gasteiger partial charge in [-0.05, 0) is 94.4 Å². The predicted molar refractivity (Wildman–Crippen MR) is 176 cm³/mol. The molecule has 0 bridgehead atoms. The number of allylic oxidation sites excluding steroid dienone is 1. The van der Waals surface area contributed by atoms with Gasteiger partial charge in [-0.1, -0.05) is 50.3 Å². The number of fused-ring (bicyclic) bond motifs is 4. The number of hydrogen-bond donors (Lipinski definition) is 2. The van der Waals surface area contributed by atoms with Crippen molar-refractivity contribution in [1.82, 2.24) is 0 Å². The minimum Gasteiger partial charge on any atom is -0.458 e. The average molecular weight is 689 g/mol. The highest BCUT2D eigenvalue weighted by Crippen LogP contribution is 2.70. The van der Waals surface area contributed by atoms with Crippen LogP contribution in [-0.2, 0) is 23.7 Å². The second-order valence-electron chi connectivity index (χ2n) is 17.1. The van der Waals surface area contributed by atoms with Crippen LogP contribution < -0.4 is 0 Å². The normalized spacial score (nSPS) is 35.1. The molecule has 3 saturated carbocycles. The molecule has 2 N–H and O–H groups in total. The standard InChI is InChI=1S/C39H51F3O7/c1-33(2,3)49-31(43)21-46-19-7-8-25-9-11-26(12-10-25)28-20-35(6)29(15-18-38(35,45)39(40,41)42)27-13-16-36(44)22-37(17-14-30(36)32(27)28)47-23-34(4,5)24-48-37/h9-12,27-29,44-45H,13-24H2,1-6H3/t27?,28-,29?,35?,36-,38+/m1/s1. The summed E-state index contributed by atoms with van der Waals surface area (Å²) in [5, 5.41) is 23.8. The second-order valence-corrected chi connectivity index (χ2v) is 17.1. The molecule has 0 radical (unpaired) electrons. The number of esters is 1. The molecule has 1 aliphatic heterocycles. The zero-order valence-corrected chi connectivity index (χ0v) is 29.6. The van der Waals surface area contributed by atoms with E-state index in [4.69, 9.17) is 18.9 Å². The van der Waals surface area contributed by atoms with Crippen LogP contribution in [0, 0.1) is 34.5 Å². The fourth-order valence-corrected chi connectivity index (χ4v) is 9.52. The molecule has 270 valence electrons. The molecule has 10 heteroatoms. The van der Waals surface area contributed by atoms with Gasteiger partial charge < -0.3 is 29.2 Å². The van der Waals surface area contributed by atoms with Gasteiger partial charge in [0.05, 0.1) is 18.8 Å². The number of aliphatic hydroxyl groups is 2. The molecule has 1 spiro atoms. The number of rotatable bonds is 4. The minimum atomic E-state index is -4.76. The van der Waals surface area contributed by atoms with Crippen LogP contribution in [0.5, 0.6) is 0 Å². The van der Waals surface area contributed by atoms with Crippen molar-refractivity contribution in [2.75, 3.05) is 26.4 Å². The summed E-state index contributed by atoms with van der Waals surface area (Å²) in [5.41, 5.74) is -2.57. The lowest BCUT2D eigenvalue weighted by Crippen LogP contribution is -2.60. The van der Waals surface area contributed by atoms with Gasteiger partial charge in [-0.25, -0.2) is 4.79 Å². The maximum absolute atomic E-state index is 14.7. The summed E-state index contributed by atoms with van der Waals surface area (Å²) < 4.78 is 67.2. The molecule has 6 atom stereocenters. The van der Waals surface area contributed by atoms with Crippen molar-refractivity contribution in [2.45, 2.75) is 128 Å². The van der Waals surface area contributed by atoms with Crippen molar-refractivity contribution in [2.24, 2.45) is 22.7 Å². The van der Waals surface area contributed by atoms with Gasteiger partial charge in [0, 0.05) is 35.2 Å². The van der Waals surface area contributed by atoms with E-state index in [1.54, 1.807) is 27.7 Å². The molecular formula is C39H51F3O7. The van der Waals surface area contributed by atoms with E-state index in [2.05, 4.69) is 25.7 Å². The molecule has 1 aromatic rings. The predicted octanol–water partition coefficient (Wildman–Crippen LogP) is 6.98. The van der Waals surface area contributed by atoms with Crippen molar-refractivity contribution in [1.29, 1.82) is 0 Å². The molecule has 5 aliphatic rings. The number of hydrogen-bond acceptors (Lipinski definition) is 7. The Kier molecular flexibility index (Phi) is 9.18. The SMILES string of the molecule is CC1(C)COC2(CCC3=C4C(CC[C@@]3(O)C2)C2CC[C@@](O)(C(F)(F)F)C2(C)C[C@@H]4c2ccc(C#CCOCC(=O)OC(C)(C)C)cc2)OC1. The summed E-state index contributed by atoms with van der Waals surface area (Å²) >= 11 is 0. The molecule has 7 nitrogen and oxygen atoms in total. The number of halogens is 3. The van der Waals surface area contributed by atoms with Gasteiger partial charge in [0.15, 0.2) is 11.4 Å². The summed E-state index contributed by atoms with van der Waals surface area (Å²) in [6, 6.07) is 7.48. The molecule has 1 heterocycles. The molecule has 6 rings (SSSR count). The van der Waals surface area contributed by atoms with Crippen LogP contribution in [0.4, 0.5) is 13.2 Å². The van der Waals surface area contributed by atoms with Crippen LogP contribution >= 0.6 is 0 Å². The Morgan fingerprint density at radius 1 is 1.00 bits per heavy atom. The van der Waals surface area contributed by atoms with Crippen molar-refractivity contribution in [3.05, 3.63) is 46.5 Å². The Labute approximate surface area is 287 Å². The van der Waals surface area contributed by atoms with Gasteiger partial charge >= 0.3 is 12.1 Å². The third-order valence-corrected chi connectivity index (χ3v) is 11.8. The zero-order chi connectivity index (χ0) is 35.7. The number of carbonyl (C=O) groups excluding carboxylic acids is 1. The third kappa shape index (κ3) is 6.71. The summed E-state index contributed by atoms with van der Waals surface area (Å²) in [7, 11) is 0. The largest absolute Gasteiger partial charge is 0.458 e. The van der Waals surface area contributed by atoms with Crippen molar-refractivity contribution >= 4 is 5.97 Å². The highest BCUT2D eigenvalue weighted by molar-refractivity contribution is 5.71. The van der Waals surface area contributed by atoms with E-state index >= 15 is 0 Å². The first-order chi connectivity index (χ1) is 22.7. The maximum Gasteiger partial charge on any atom is 0.417 e. The number of alkyl halides is 3. The number of carbonyl (C=O) groups is 1. The molecule has 1 aromatic carbocycles.